The molecule has 1 saturated carbocycles. The second kappa shape index (κ2) is 6.08. The first-order valence-corrected chi connectivity index (χ1v) is 7.62. The van der Waals surface area contributed by atoms with Gasteiger partial charge in [0, 0.05) is 34.9 Å². The summed E-state index contributed by atoms with van der Waals surface area (Å²) in [5.74, 6) is 0.838. The first kappa shape index (κ1) is 14.4. The standard InChI is InChI=1S/C16H20ClN3O/c1-11-13(8-18-15-4-5-15)10-20(19-11)9-12-7-14(17)3-6-16(12)21-2/h3,6-7,10,15,18H,4-5,8-9H2,1-2H3. The smallest absolute Gasteiger partial charge is 0.124 e. The van der Waals surface area contributed by atoms with Crippen molar-refractivity contribution in [2.45, 2.75) is 38.9 Å². The van der Waals surface area contributed by atoms with Crippen molar-refractivity contribution < 1.29 is 4.74 Å². The van der Waals surface area contributed by atoms with Crippen LogP contribution in [0.2, 0.25) is 5.02 Å². The van der Waals surface area contributed by atoms with Gasteiger partial charge >= 0.3 is 0 Å². The van der Waals surface area contributed by atoms with E-state index >= 15 is 0 Å². The normalized spacial score (nSPS) is 14.4. The summed E-state index contributed by atoms with van der Waals surface area (Å²) in [7, 11) is 1.67. The van der Waals surface area contributed by atoms with Gasteiger partial charge in [-0.05, 0) is 38.0 Å². The Balaban J connectivity index is 1.75. The summed E-state index contributed by atoms with van der Waals surface area (Å²) in [6.45, 7) is 3.60. The highest BCUT2D eigenvalue weighted by Crippen LogP contribution is 2.24. The molecule has 1 aromatic heterocycles. The quantitative estimate of drug-likeness (QED) is 0.891. The fourth-order valence-corrected chi connectivity index (χ4v) is 2.60. The van der Waals surface area contributed by atoms with E-state index in [1.165, 1.54) is 18.4 Å². The zero-order valence-corrected chi connectivity index (χ0v) is 13.2. The molecule has 0 radical (unpaired) electrons. The van der Waals surface area contributed by atoms with Gasteiger partial charge < -0.3 is 10.1 Å². The topological polar surface area (TPSA) is 39.1 Å². The predicted molar refractivity (Wildman–Crippen MR) is 83.9 cm³/mol. The minimum atomic E-state index is 0.661. The number of nitrogens with one attached hydrogen (secondary N) is 1. The highest BCUT2D eigenvalue weighted by Gasteiger charge is 2.20. The molecule has 1 aliphatic carbocycles. The molecule has 0 spiro atoms. The minimum Gasteiger partial charge on any atom is -0.496 e. The van der Waals surface area contributed by atoms with E-state index in [1.54, 1.807) is 7.11 Å². The van der Waals surface area contributed by atoms with Crippen LogP contribution in [0.3, 0.4) is 0 Å². The lowest BCUT2D eigenvalue weighted by Gasteiger charge is -2.09. The van der Waals surface area contributed by atoms with Gasteiger partial charge in [0.15, 0.2) is 0 Å². The number of hydrogen-bond donors (Lipinski definition) is 1. The van der Waals surface area contributed by atoms with Gasteiger partial charge in [-0.3, -0.25) is 4.68 Å². The Morgan fingerprint density at radius 1 is 1.38 bits per heavy atom. The minimum absolute atomic E-state index is 0.661. The van der Waals surface area contributed by atoms with Crippen LogP contribution in [-0.2, 0) is 13.1 Å². The van der Waals surface area contributed by atoms with Gasteiger partial charge in [-0.1, -0.05) is 11.6 Å². The van der Waals surface area contributed by atoms with Crippen molar-refractivity contribution in [3.63, 3.8) is 0 Å². The van der Waals surface area contributed by atoms with Crippen molar-refractivity contribution in [3.05, 3.63) is 46.2 Å². The molecule has 0 atom stereocenters. The SMILES string of the molecule is COc1ccc(Cl)cc1Cn1cc(CNC2CC2)c(C)n1. The number of hydrogen-bond acceptors (Lipinski definition) is 3. The summed E-state index contributed by atoms with van der Waals surface area (Å²) < 4.78 is 7.34. The monoisotopic (exact) mass is 305 g/mol. The summed E-state index contributed by atoms with van der Waals surface area (Å²) in [6, 6.07) is 6.37. The Bertz CT molecular complexity index is 634. The van der Waals surface area contributed by atoms with Crippen LogP contribution >= 0.6 is 11.6 Å². The van der Waals surface area contributed by atoms with E-state index in [-0.39, 0.29) is 0 Å². The van der Waals surface area contributed by atoms with E-state index < -0.39 is 0 Å². The fraction of sp³-hybridized carbons (Fsp3) is 0.438. The van der Waals surface area contributed by atoms with Gasteiger partial charge in [-0.15, -0.1) is 0 Å². The van der Waals surface area contributed by atoms with Crippen molar-refractivity contribution in [1.29, 1.82) is 0 Å². The van der Waals surface area contributed by atoms with Gasteiger partial charge in [0.2, 0.25) is 0 Å². The molecule has 5 heteroatoms. The summed E-state index contributed by atoms with van der Waals surface area (Å²) in [5.41, 5.74) is 3.36. The molecule has 1 aliphatic rings. The molecule has 3 rings (SSSR count). The Morgan fingerprint density at radius 3 is 2.90 bits per heavy atom. The van der Waals surface area contributed by atoms with Crippen LogP contribution in [0.1, 0.15) is 29.7 Å². The molecule has 0 unspecified atom stereocenters. The van der Waals surface area contributed by atoms with Crippen LogP contribution < -0.4 is 10.1 Å². The maximum absolute atomic E-state index is 6.07. The number of halogens is 1. The van der Waals surface area contributed by atoms with Crippen molar-refractivity contribution in [2.75, 3.05) is 7.11 Å². The third-order valence-electron chi connectivity index (χ3n) is 3.78. The average Bonchev–Trinajstić information content (AvgIpc) is 3.21. The fourth-order valence-electron chi connectivity index (χ4n) is 2.40. The van der Waals surface area contributed by atoms with Gasteiger partial charge in [-0.25, -0.2) is 0 Å². The van der Waals surface area contributed by atoms with E-state index in [0.29, 0.717) is 17.6 Å². The molecular weight excluding hydrogens is 286 g/mol. The molecule has 112 valence electrons. The molecule has 0 amide bonds. The molecule has 1 fully saturated rings. The predicted octanol–water partition coefficient (Wildman–Crippen LogP) is 3.15. The number of rotatable bonds is 6. The maximum atomic E-state index is 6.07. The molecule has 0 saturated heterocycles. The highest BCUT2D eigenvalue weighted by atomic mass is 35.5. The molecule has 1 aromatic carbocycles. The van der Waals surface area contributed by atoms with E-state index in [1.807, 2.05) is 22.9 Å². The second-order valence-corrected chi connectivity index (χ2v) is 5.99. The number of ether oxygens (including phenoxy) is 1. The molecule has 1 N–H and O–H groups in total. The van der Waals surface area contributed by atoms with Crippen molar-refractivity contribution >= 4 is 11.6 Å². The zero-order valence-electron chi connectivity index (χ0n) is 12.4. The third kappa shape index (κ3) is 3.57. The Kier molecular flexibility index (Phi) is 4.17. The molecule has 0 bridgehead atoms. The van der Waals surface area contributed by atoms with Gasteiger partial charge in [-0.2, -0.15) is 5.10 Å². The largest absolute Gasteiger partial charge is 0.496 e. The lowest BCUT2D eigenvalue weighted by atomic mass is 10.2. The highest BCUT2D eigenvalue weighted by molar-refractivity contribution is 6.30. The number of aromatic nitrogens is 2. The van der Waals surface area contributed by atoms with Crippen LogP contribution in [0, 0.1) is 6.92 Å². The van der Waals surface area contributed by atoms with E-state index in [0.717, 1.165) is 23.6 Å². The van der Waals surface area contributed by atoms with E-state index in [9.17, 15) is 0 Å². The Morgan fingerprint density at radius 2 is 2.19 bits per heavy atom. The van der Waals surface area contributed by atoms with Crippen LogP contribution in [0.4, 0.5) is 0 Å². The van der Waals surface area contributed by atoms with Gasteiger partial charge in [0.25, 0.3) is 0 Å². The zero-order chi connectivity index (χ0) is 14.8. The molecule has 1 heterocycles. The lowest BCUT2D eigenvalue weighted by molar-refractivity contribution is 0.407. The van der Waals surface area contributed by atoms with E-state index in [2.05, 4.69) is 23.5 Å². The third-order valence-corrected chi connectivity index (χ3v) is 4.02. The molecular formula is C16H20ClN3O. The number of benzene rings is 1. The lowest BCUT2D eigenvalue weighted by Crippen LogP contribution is -2.15. The molecule has 4 nitrogen and oxygen atoms in total. The average molecular weight is 306 g/mol. The number of nitrogens with zero attached hydrogens (tertiary/aromatic N) is 2. The molecule has 0 aliphatic heterocycles. The van der Waals surface area contributed by atoms with Crippen molar-refractivity contribution in [2.24, 2.45) is 0 Å². The first-order chi connectivity index (χ1) is 10.2. The maximum Gasteiger partial charge on any atom is 0.124 e. The summed E-state index contributed by atoms with van der Waals surface area (Å²) in [6.07, 6.45) is 4.70. The van der Waals surface area contributed by atoms with Crippen LogP contribution in [0.15, 0.2) is 24.4 Å². The van der Waals surface area contributed by atoms with Gasteiger partial charge in [0.05, 0.1) is 19.3 Å². The Labute approximate surface area is 130 Å². The summed E-state index contributed by atoms with van der Waals surface area (Å²) >= 11 is 6.07. The van der Waals surface area contributed by atoms with E-state index in [4.69, 9.17) is 16.3 Å². The first-order valence-electron chi connectivity index (χ1n) is 7.24. The van der Waals surface area contributed by atoms with Crippen molar-refractivity contribution in [3.8, 4) is 5.75 Å². The molecule has 21 heavy (non-hydrogen) atoms. The second-order valence-electron chi connectivity index (χ2n) is 5.55. The van der Waals surface area contributed by atoms with Crippen LogP contribution in [0.5, 0.6) is 5.75 Å². The Hall–Kier alpha value is -1.52. The van der Waals surface area contributed by atoms with Crippen molar-refractivity contribution in [1.82, 2.24) is 15.1 Å². The van der Waals surface area contributed by atoms with Gasteiger partial charge in [0.1, 0.15) is 5.75 Å². The summed E-state index contributed by atoms with van der Waals surface area (Å²) in [5, 5.41) is 8.82. The molecule has 2 aromatic rings. The van der Waals surface area contributed by atoms with Crippen LogP contribution in [-0.4, -0.2) is 22.9 Å². The van der Waals surface area contributed by atoms with Crippen LogP contribution in [0.25, 0.3) is 0 Å². The summed E-state index contributed by atoms with van der Waals surface area (Å²) in [4.78, 5) is 0. The number of methoxy groups -OCH3 is 1. The number of aryl methyl sites for hydroxylation is 1.